The molecular weight excluding hydrogens is 437 g/mol. The van der Waals surface area contributed by atoms with E-state index in [0.29, 0.717) is 16.8 Å². The number of para-hydroxylation sites is 1. The van der Waals surface area contributed by atoms with E-state index in [4.69, 9.17) is 9.47 Å². The van der Waals surface area contributed by atoms with E-state index in [-0.39, 0.29) is 36.6 Å². The number of carbonyl (C=O) groups is 2. The Morgan fingerprint density at radius 1 is 1.03 bits per heavy atom. The molecule has 8 heteroatoms. The summed E-state index contributed by atoms with van der Waals surface area (Å²) in [6, 6.07) is 17.0. The van der Waals surface area contributed by atoms with E-state index >= 15 is 0 Å². The van der Waals surface area contributed by atoms with Gasteiger partial charge in [-0.2, -0.15) is 0 Å². The van der Waals surface area contributed by atoms with Crippen molar-refractivity contribution in [3.63, 3.8) is 0 Å². The summed E-state index contributed by atoms with van der Waals surface area (Å²) in [7, 11) is 1.58. The van der Waals surface area contributed by atoms with E-state index in [9.17, 15) is 14.0 Å². The second-order valence-electron chi connectivity index (χ2n) is 8.09. The van der Waals surface area contributed by atoms with E-state index in [1.807, 2.05) is 41.1 Å². The minimum Gasteiger partial charge on any atom is -0.496 e. The number of nitrogens with zero attached hydrogens (tertiary/aromatic N) is 2. The number of benzene rings is 2. The number of aromatic nitrogens is 2. The molecule has 0 aliphatic carbocycles. The third-order valence-corrected chi connectivity index (χ3v) is 5.39. The molecule has 4 rings (SSSR count). The van der Waals surface area contributed by atoms with Gasteiger partial charge in [0.2, 0.25) is 5.91 Å². The predicted molar refractivity (Wildman–Crippen MR) is 127 cm³/mol. The topological polar surface area (TPSA) is 74.5 Å². The highest BCUT2D eigenvalue weighted by molar-refractivity contribution is 5.96. The Kier molecular flexibility index (Phi) is 6.67. The van der Waals surface area contributed by atoms with Gasteiger partial charge in [0.05, 0.1) is 24.2 Å². The molecule has 0 atom stereocenters. The molecule has 0 aliphatic heterocycles. The van der Waals surface area contributed by atoms with Crippen molar-refractivity contribution < 1.29 is 23.5 Å². The van der Waals surface area contributed by atoms with Crippen molar-refractivity contribution >= 4 is 22.9 Å². The normalized spacial score (nSPS) is 11.1. The molecule has 0 saturated carbocycles. The number of halogens is 1. The van der Waals surface area contributed by atoms with Crippen LogP contribution in [0.3, 0.4) is 0 Å². The molecule has 176 valence electrons. The van der Waals surface area contributed by atoms with Crippen molar-refractivity contribution in [2.45, 2.75) is 33.0 Å². The summed E-state index contributed by atoms with van der Waals surface area (Å²) in [5.41, 5.74) is 3.24. The lowest BCUT2D eigenvalue weighted by molar-refractivity contribution is -0.121. The highest BCUT2D eigenvalue weighted by Crippen LogP contribution is 2.26. The van der Waals surface area contributed by atoms with Crippen LogP contribution in [0.4, 0.5) is 4.39 Å². The number of fused-ring (bicyclic) bond motifs is 1. The molecule has 0 radical (unpaired) electrons. The Hall–Kier alpha value is -4.07. The van der Waals surface area contributed by atoms with Gasteiger partial charge in [-0.25, -0.2) is 9.18 Å². The minimum atomic E-state index is -0.519. The molecule has 2 aromatic carbocycles. The van der Waals surface area contributed by atoms with Crippen molar-refractivity contribution in [2.75, 3.05) is 7.11 Å². The van der Waals surface area contributed by atoms with Crippen LogP contribution in [0, 0.1) is 5.82 Å². The first-order valence-corrected chi connectivity index (χ1v) is 10.9. The summed E-state index contributed by atoms with van der Waals surface area (Å²) < 4.78 is 27.6. The highest BCUT2D eigenvalue weighted by atomic mass is 19.1. The number of hydrogen-bond donors (Lipinski definition) is 1. The monoisotopic (exact) mass is 463 g/mol. The Morgan fingerprint density at radius 2 is 1.76 bits per heavy atom. The quantitative estimate of drug-likeness (QED) is 0.392. The van der Waals surface area contributed by atoms with Gasteiger partial charge >= 0.3 is 5.97 Å². The summed E-state index contributed by atoms with van der Waals surface area (Å²) in [6.07, 6.45) is 1.51. The fraction of sp³-hybridized carbons (Fsp3) is 0.231. The largest absolute Gasteiger partial charge is 0.496 e. The van der Waals surface area contributed by atoms with Gasteiger partial charge in [-0.05, 0) is 56.3 Å². The third-order valence-electron chi connectivity index (χ3n) is 5.39. The van der Waals surface area contributed by atoms with Crippen LogP contribution in [0.5, 0.6) is 5.75 Å². The van der Waals surface area contributed by atoms with Crippen molar-refractivity contribution in [2.24, 2.45) is 0 Å². The number of ether oxygens (including phenoxy) is 2. The average molecular weight is 464 g/mol. The Morgan fingerprint density at radius 3 is 2.47 bits per heavy atom. The number of nitrogens with one attached hydrogen (secondary N) is 1. The second kappa shape index (κ2) is 9.82. The van der Waals surface area contributed by atoms with Crippen molar-refractivity contribution in [1.82, 2.24) is 14.5 Å². The zero-order chi connectivity index (χ0) is 24.2. The van der Waals surface area contributed by atoms with Gasteiger partial charge in [0, 0.05) is 24.0 Å². The van der Waals surface area contributed by atoms with Crippen molar-refractivity contribution in [3.05, 3.63) is 83.9 Å². The lowest BCUT2D eigenvalue weighted by Gasteiger charge is -2.13. The Bertz CT molecular complexity index is 1320. The molecule has 2 aromatic heterocycles. The smallest absolute Gasteiger partial charge is 0.355 e. The summed E-state index contributed by atoms with van der Waals surface area (Å²) in [5.74, 6) is -0.438. The number of methoxy groups -OCH3 is 1. The van der Waals surface area contributed by atoms with E-state index in [0.717, 1.165) is 11.3 Å². The number of esters is 1. The molecule has 1 N–H and O–H groups in total. The maximum Gasteiger partial charge on any atom is 0.355 e. The van der Waals surface area contributed by atoms with Gasteiger partial charge in [0.1, 0.15) is 23.8 Å². The molecule has 1 amide bonds. The molecule has 0 spiro atoms. The standard InChI is InChI=1S/C26H26FN3O4/c1-17(2)34-26(32)23-14-22-21(12-13-29(22)20-10-8-19(27)9-11-20)30(23)16-25(31)28-15-18-6-4-5-7-24(18)33-3/h4-14,17H,15-16H2,1-3H3,(H,28,31). The molecule has 0 saturated heterocycles. The van der Waals surface area contributed by atoms with Gasteiger partial charge < -0.3 is 23.9 Å². The zero-order valence-electron chi connectivity index (χ0n) is 19.2. The Balaban J connectivity index is 1.64. The number of amides is 1. The fourth-order valence-electron chi connectivity index (χ4n) is 3.83. The zero-order valence-corrected chi connectivity index (χ0v) is 19.2. The maximum atomic E-state index is 13.4. The van der Waals surface area contributed by atoms with Crippen LogP contribution in [-0.4, -0.2) is 34.2 Å². The molecule has 0 fully saturated rings. The molecule has 0 bridgehead atoms. The first-order chi connectivity index (χ1) is 16.4. The maximum absolute atomic E-state index is 13.4. The SMILES string of the molecule is COc1ccccc1CNC(=O)Cn1c(C(=O)OC(C)C)cc2c1ccn2-c1ccc(F)cc1. The third kappa shape index (κ3) is 4.80. The fourth-order valence-corrected chi connectivity index (χ4v) is 3.83. The number of rotatable bonds is 8. The summed E-state index contributed by atoms with van der Waals surface area (Å²) >= 11 is 0. The van der Waals surface area contributed by atoms with Crippen LogP contribution in [-0.2, 0) is 22.6 Å². The molecule has 2 heterocycles. The van der Waals surface area contributed by atoms with Crippen LogP contribution < -0.4 is 10.1 Å². The van der Waals surface area contributed by atoms with Gasteiger partial charge in [-0.15, -0.1) is 0 Å². The van der Waals surface area contributed by atoms with Gasteiger partial charge in [0.15, 0.2) is 0 Å². The van der Waals surface area contributed by atoms with E-state index in [1.54, 1.807) is 43.7 Å². The molecule has 4 aromatic rings. The second-order valence-corrected chi connectivity index (χ2v) is 8.09. The number of carbonyl (C=O) groups excluding carboxylic acids is 2. The van der Waals surface area contributed by atoms with Gasteiger partial charge in [-0.1, -0.05) is 18.2 Å². The van der Waals surface area contributed by atoms with Crippen LogP contribution in [0.1, 0.15) is 29.9 Å². The van der Waals surface area contributed by atoms with Crippen molar-refractivity contribution in [1.29, 1.82) is 0 Å². The number of hydrogen-bond acceptors (Lipinski definition) is 4. The highest BCUT2D eigenvalue weighted by Gasteiger charge is 2.22. The molecule has 7 nitrogen and oxygen atoms in total. The summed E-state index contributed by atoms with van der Waals surface area (Å²) in [6.45, 7) is 3.75. The van der Waals surface area contributed by atoms with Gasteiger partial charge in [0.25, 0.3) is 0 Å². The van der Waals surface area contributed by atoms with Crippen LogP contribution >= 0.6 is 0 Å². The van der Waals surface area contributed by atoms with E-state index in [1.165, 1.54) is 12.1 Å². The minimum absolute atomic E-state index is 0.0748. The van der Waals surface area contributed by atoms with Crippen molar-refractivity contribution in [3.8, 4) is 11.4 Å². The lowest BCUT2D eigenvalue weighted by atomic mass is 10.2. The Labute approximate surface area is 196 Å². The summed E-state index contributed by atoms with van der Waals surface area (Å²) in [4.78, 5) is 25.7. The van der Waals surface area contributed by atoms with E-state index in [2.05, 4.69) is 5.32 Å². The molecular formula is C26H26FN3O4. The van der Waals surface area contributed by atoms with Crippen LogP contribution in [0.15, 0.2) is 66.9 Å². The molecule has 34 heavy (non-hydrogen) atoms. The first-order valence-electron chi connectivity index (χ1n) is 10.9. The van der Waals surface area contributed by atoms with Crippen LogP contribution in [0.25, 0.3) is 16.7 Å². The first kappa shape index (κ1) is 23.1. The molecule has 0 aliphatic rings. The average Bonchev–Trinajstić information content (AvgIpc) is 3.38. The van der Waals surface area contributed by atoms with Crippen LogP contribution in [0.2, 0.25) is 0 Å². The molecule has 0 unspecified atom stereocenters. The lowest BCUT2D eigenvalue weighted by Crippen LogP contribution is -2.28. The van der Waals surface area contributed by atoms with E-state index < -0.39 is 5.97 Å². The predicted octanol–water partition coefficient (Wildman–Crippen LogP) is 4.46. The van der Waals surface area contributed by atoms with Gasteiger partial charge in [-0.3, -0.25) is 4.79 Å². The summed E-state index contributed by atoms with van der Waals surface area (Å²) in [5, 5.41) is 2.89.